The lowest BCUT2D eigenvalue weighted by Gasteiger charge is -2.29. The zero-order chi connectivity index (χ0) is 21.4. The van der Waals surface area contributed by atoms with E-state index in [4.69, 9.17) is 4.74 Å². The number of halogens is 3. The van der Waals surface area contributed by atoms with E-state index in [0.717, 1.165) is 55.3 Å². The summed E-state index contributed by atoms with van der Waals surface area (Å²) in [6, 6.07) is 8.61. The van der Waals surface area contributed by atoms with E-state index < -0.39 is 26.7 Å². The molecule has 0 unspecified atom stereocenters. The first-order chi connectivity index (χ1) is 14.2. The number of alkyl halides is 3. The molecule has 2 aliphatic heterocycles. The fraction of sp³-hybridized carbons (Fsp3) is 0.333. The van der Waals surface area contributed by atoms with Crippen LogP contribution in [0.15, 0.2) is 53.4 Å². The van der Waals surface area contributed by atoms with Crippen LogP contribution in [0, 0.1) is 5.92 Å². The van der Waals surface area contributed by atoms with Crippen molar-refractivity contribution in [3.63, 3.8) is 0 Å². The summed E-state index contributed by atoms with van der Waals surface area (Å²) in [7, 11) is -4.19. The standard InChI is InChI=1S/C21H21F3N2O3S/c22-21(23,24)15-2-1-3-17(12-15)30(27,28)26-16-4-5-20-19(13-16)18(8-11-29-20)14-6-9-25-10-7-14/h1-5,8,12-14,25-26H,6-7,9-11H2. The fourth-order valence-corrected chi connectivity index (χ4v) is 4.94. The highest BCUT2D eigenvalue weighted by atomic mass is 32.2. The molecular formula is C21H21F3N2O3S. The third-order valence-corrected chi connectivity index (χ3v) is 6.71. The van der Waals surface area contributed by atoms with E-state index in [1.54, 1.807) is 18.2 Å². The number of piperidine rings is 1. The third kappa shape index (κ3) is 4.32. The van der Waals surface area contributed by atoms with Crippen LogP contribution < -0.4 is 14.8 Å². The number of rotatable bonds is 4. The van der Waals surface area contributed by atoms with Gasteiger partial charge in [-0.25, -0.2) is 8.42 Å². The number of sulfonamides is 1. The average Bonchev–Trinajstić information content (AvgIpc) is 2.73. The predicted molar refractivity (Wildman–Crippen MR) is 108 cm³/mol. The lowest BCUT2D eigenvalue weighted by Crippen LogP contribution is -2.29. The molecule has 4 rings (SSSR count). The van der Waals surface area contributed by atoms with Gasteiger partial charge in [-0.1, -0.05) is 6.07 Å². The summed E-state index contributed by atoms with van der Waals surface area (Å²) >= 11 is 0. The van der Waals surface area contributed by atoms with Crippen molar-refractivity contribution in [3.05, 3.63) is 59.7 Å². The van der Waals surface area contributed by atoms with E-state index >= 15 is 0 Å². The minimum absolute atomic E-state index is 0.275. The second-order valence-corrected chi connectivity index (χ2v) is 9.02. The van der Waals surface area contributed by atoms with Crippen molar-refractivity contribution >= 4 is 21.3 Å². The zero-order valence-corrected chi connectivity index (χ0v) is 16.8. The zero-order valence-electron chi connectivity index (χ0n) is 16.0. The fourth-order valence-electron chi connectivity index (χ4n) is 3.85. The van der Waals surface area contributed by atoms with Crippen LogP contribution in [0.25, 0.3) is 5.57 Å². The van der Waals surface area contributed by atoms with Crippen LogP contribution in [-0.2, 0) is 16.2 Å². The number of anilines is 1. The van der Waals surface area contributed by atoms with Gasteiger partial charge in [-0.3, -0.25) is 4.72 Å². The van der Waals surface area contributed by atoms with Gasteiger partial charge < -0.3 is 10.1 Å². The first kappa shape index (κ1) is 20.7. The Morgan fingerprint density at radius 3 is 2.57 bits per heavy atom. The number of ether oxygens (including phenoxy) is 1. The first-order valence-electron chi connectivity index (χ1n) is 9.62. The predicted octanol–water partition coefficient (Wildman–Crippen LogP) is 4.28. The highest BCUT2D eigenvalue weighted by Crippen LogP contribution is 2.39. The van der Waals surface area contributed by atoms with Gasteiger partial charge in [0, 0.05) is 11.3 Å². The number of allylic oxidation sites excluding steroid dienone is 1. The number of nitrogens with one attached hydrogen (secondary N) is 2. The van der Waals surface area contributed by atoms with Gasteiger partial charge in [-0.2, -0.15) is 13.2 Å². The SMILES string of the molecule is O=S(=O)(Nc1ccc2c(c1)C(C1CCNCC1)=CCO2)c1cccc(C(F)(F)F)c1. The topological polar surface area (TPSA) is 67.4 Å². The summed E-state index contributed by atoms with van der Waals surface area (Å²) in [4.78, 5) is -0.444. The molecule has 5 nitrogen and oxygen atoms in total. The summed E-state index contributed by atoms with van der Waals surface area (Å²) in [5, 5.41) is 3.32. The Morgan fingerprint density at radius 2 is 1.83 bits per heavy atom. The van der Waals surface area contributed by atoms with Crippen LogP contribution in [0.5, 0.6) is 5.75 Å². The molecule has 2 aliphatic rings. The van der Waals surface area contributed by atoms with Crippen molar-refractivity contribution in [3.8, 4) is 5.75 Å². The van der Waals surface area contributed by atoms with E-state index in [0.29, 0.717) is 24.3 Å². The number of fused-ring (bicyclic) bond motifs is 1. The molecule has 1 fully saturated rings. The maximum Gasteiger partial charge on any atom is 0.416 e. The van der Waals surface area contributed by atoms with Gasteiger partial charge in [0.2, 0.25) is 0 Å². The molecular weight excluding hydrogens is 417 g/mol. The molecule has 2 heterocycles. The Hall–Kier alpha value is -2.52. The van der Waals surface area contributed by atoms with Gasteiger partial charge in [0.15, 0.2) is 0 Å². The van der Waals surface area contributed by atoms with Crippen molar-refractivity contribution in [1.29, 1.82) is 0 Å². The summed E-state index contributed by atoms with van der Waals surface area (Å²) < 4.78 is 72.3. The van der Waals surface area contributed by atoms with E-state index in [-0.39, 0.29) is 5.69 Å². The van der Waals surface area contributed by atoms with Crippen LogP contribution >= 0.6 is 0 Å². The third-order valence-electron chi connectivity index (χ3n) is 5.34. The van der Waals surface area contributed by atoms with Gasteiger partial charge in [-0.05, 0) is 79.9 Å². The normalized spacial score (nSPS) is 17.6. The van der Waals surface area contributed by atoms with Gasteiger partial charge in [0.25, 0.3) is 10.0 Å². The lowest BCUT2D eigenvalue weighted by atomic mass is 9.84. The van der Waals surface area contributed by atoms with Gasteiger partial charge in [-0.15, -0.1) is 0 Å². The van der Waals surface area contributed by atoms with Crippen LogP contribution in [0.2, 0.25) is 0 Å². The summed E-state index contributed by atoms with van der Waals surface area (Å²) in [5.74, 6) is 1.03. The Balaban J connectivity index is 1.62. The van der Waals surface area contributed by atoms with E-state index in [1.807, 2.05) is 6.08 Å². The van der Waals surface area contributed by atoms with Crippen LogP contribution in [-0.4, -0.2) is 28.1 Å². The van der Waals surface area contributed by atoms with Crippen molar-refractivity contribution in [2.24, 2.45) is 5.92 Å². The molecule has 0 radical (unpaired) electrons. The van der Waals surface area contributed by atoms with Gasteiger partial charge in [0.05, 0.1) is 10.5 Å². The number of hydrogen-bond donors (Lipinski definition) is 2. The van der Waals surface area contributed by atoms with Gasteiger partial charge >= 0.3 is 6.18 Å². The molecule has 0 amide bonds. The summed E-state index contributed by atoms with van der Waals surface area (Å²) in [5.41, 5.74) is 1.20. The van der Waals surface area contributed by atoms with Crippen LogP contribution in [0.3, 0.4) is 0 Å². The smallest absolute Gasteiger partial charge is 0.416 e. The van der Waals surface area contributed by atoms with Crippen molar-refractivity contribution in [1.82, 2.24) is 5.32 Å². The molecule has 0 aromatic heterocycles. The molecule has 160 valence electrons. The highest BCUT2D eigenvalue weighted by Gasteiger charge is 2.32. The largest absolute Gasteiger partial charge is 0.489 e. The molecule has 0 spiro atoms. The Labute approximate surface area is 173 Å². The van der Waals surface area contributed by atoms with Crippen molar-refractivity contribution in [2.45, 2.75) is 23.9 Å². The Bertz CT molecular complexity index is 1080. The lowest BCUT2D eigenvalue weighted by molar-refractivity contribution is -0.137. The van der Waals surface area contributed by atoms with E-state index in [9.17, 15) is 21.6 Å². The quantitative estimate of drug-likeness (QED) is 0.748. The molecule has 0 saturated carbocycles. The van der Waals surface area contributed by atoms with E-state index in [2.05, 4.69) is 10.0 Å². The number of hydrogen-bond acceptors (Lipinski definition) is 4. The molecule has 2 aromatic rings. The second kappa shape index (κ2) is 7.96. The molecule has 2 aromatic carbocycles. The van der Waals surface area contributed by atoms with Gasteiger partial charge in [0.1, 0.15) is 12.4 Å². The van der Waals surface area contributed by atoms with Crippen LogP contribution in [0.4, 0.5) is 18.9 Å². The monoisotopic (exact) mass is 438 g/mol. The van der Waals surface area contributed by atoms with E-state index in [1.165, 1.54) is 0 Å². The van der Waals surface area contributed by atoms with Crippen LogP contribution in [0.1, 0.15) is 24.0 Å². The first-order valence-corrected chi connectivity index (χ1v) is 11.1. The summed E-state index contributed by atoms with van der Waals surface area (Å²) in [6.45, 7) is 2.29. The summed E-state index contributed by atoms with van der Waals surface area (Å²) in [6.07, 6.45) is -0.649. The molecule has 0 bridgehead atoms. The van der Waals surface area contributed by atoms with Crippen molar-refractivity contribution < 1.29 is 26.3 Å². The molecule has 30 heavy (non-hydrogen) atoms. The molecule has 0 aliphatic carbocycles. The molecule has 2 N–H and O–H groups in total. The molecule has 1 saturated heterocycles. The number of benzene rings is 2. The van der Waals surface area contributed by atoms with Crippen molar-refractivity contribution in [2.75, 3.05) is 24.4 Å². The highest BCUT2D eigenvalue weighted by molar-refractivity contribution is 7.92. The maximum atomic E-state index is 13.0. The average molecular weight is 438 g/mol. The Kier molecular flexibility index (Phi) is 5.50. The Morgan fingerprint density at radius 1 is 1.07 bits per heavy atom. The second-order valence-electron chi connectivity index (χ2n) is 7.34. The maximum absolute atomic E-state index is 13.0. The minimum Gasteiger partial charge on any atom is -0.489 e. The minimum atomic E-state index is -4.62. The molecule has 9 heteroatoms. The molecule has 0 atom stereocenters.